The summed E-state index contributed by atoms with van der Waals surface area (Å²) < 4.78 is 4.78. The fourth-order valence-corrected chi connectivity index (χ4v) is 2.94. The third-order valence-corrected chi connectivity index (χ3v) is 3.66. The molecular formula is C11H20N2O3. The monoisotopic (exact) mass is 228 g/mol. The van der Waals surface area contributed by atoms with Crippen LogP contribution in [0.4, 0.5) is 4.79 Å². The first-order chi connectivity index (χ1) is 7.63. The molecule has 2 aliphatic heterocycles. The first-order valence-electron chi connectivity index (χ1n) is 5.95. The highest BCUT2D eigenvalue weighted by Crippen LogP contribution is 2.34. The van der Waals surface area contributed by atoms with E-state index < -0.39 is 6.16 Å². The SMILES string of the molecule is CCOC(=O)ON1CC2CCN(C)C2C1C. The van der Waals surface area contributed by atoms with E-state index in [-0.39, 0.29) is 6.04 Å². The summed E-state index contributed by atoms with van der Waals surface area (Å²) in [7, 11) is 2.13. The molecule has 2 rings (SSSR count). The van der Waals surface area contributed by atoms with Gasteiger partial charge in [0.1, 0.15) is 0 Å². The van der Waals surface area contributed by atoms with Gasteiger partial charge in [-0.2, -0.15) is 0 Å². The minimum absolute atomic E-state index is 0.252. The molecule has 0 N–H and O–H groups in total. The minimum Gasteiger partial charge on any atom is -0.433 e. The van der Waals surface area contributed by atoms with Crippen molar-refractivity contribution in [2.75, 3.05) is 26.7 Å². The Bertz CT molecular complexity index is 272. The Balaban J connectivity index is 1.92. The molecule has 0 saturated carbocycles. The lowest BCUT2D eigenvalue weighted by molar-refractivity contribution is -0.139. The van der Waals surface area contributed by atoms with Crippen LogP contribution < -0.4 is 0 Å². The van der Waals surface area contributed by atoms with Crippen LogP contribution in [0.3, 0.4) is 0 Å². The van der Waals surface area contributed by atoms with Gasteiger partial charge in [-0.15, -0.1) is 5.06 Å². The number of likely N-dealkylation sites (N-methyl/N-ethyl adjacent to an activating group) is 1. The van der Waals surface area contributed by atoms with Crippen molar-refractivity contribution in [1.82, 2.24) is 9.96 Å². The van der Waals surface area contributed by atoms with E-state index in [1.54, 1.807) is 12.0 Å². The number of carbonyl (C=O) groups excluding carboxylic acids is 1. The van der Waals surface area contributed by atoms with Gasteiger partial charge in [-0.25, -0.2) is 4.79 Å². The lowest BCUT2D eigenvalue weighted by Crippen LogP contribution is -2.41. The average Bonchev–Trinajstić information content (AvgIpc) is 2.71. The molecule has 5 heteroatoms. The van der Waals surface area contributed by atoms with Crippen molar-refractivity contribution in [2.45, 2.75) is 32.4 Å². The van der Waals surface area contributed by atoms with E-state index >= 15 is 0 Å². The quantitative estimate of drug-likeness (QED) is 0.662. The zero-order valence-electron chi connectivity index (χ0n) is 10.2. The standard InChI is InChI=1S/C11H20N2O3/c1-4-15-11(14)16-13-7-9-5-6-12(3)10(9)8(13)2/h8-10H,4-7H2,1-3H3. The molecule has 0 radical (unpaired) electrons. The molecule has 0 aromatic heterocycles. The molecule has 2 fully saturated rings. The van der Waals surface area contributed by atoms with E-state index in [1.807, 2.05) is 0 Å². The van der Waals surface area contributed by atoms with Gasteiger partial charge >= 0.3 is 6.16 Å². The van der Waals surface area contributed by atoms with Crippen LogP contribution >= 0.6 is 0 Å². The fraction of sp³-hybridized carbons (Fsp3) is 0.909. The number of ether oxygens (including phenoxy) is 1. The molecule has 16 heavy (non-hydrogen) atoms. The van der Waals surface area contributed by atoms with Crippen LogP contribution in [0.15, 0.2) is 0 Å². The van der Waals surface area contributed by atoms with Crippen LogP contribution in [0, 0.1) is 5.92 Å². The van der Waals surface area contributed by atoms with Crippen LogP contribution in [-0.4, -0.2) is 54.9 Å². The van der Waals surface area contributed by atoms with E-state index in [1.165, 1.54) is 6.42 Å². The maximum Gasteiger partial charge on any atom is 0.527 e. The van der Waals surface area contributed by atoms with Crippen LogP contribution in [0.1, 0.15) is 20.3 Å². The summed E-state index contributed by atoms with van der Waals surface area (Å²) >= 11 is 0. The first-order valence-corrected chi connectivity index (χ1v) is 5.95. The maximum atomic E-state index is 11.2. The van der Waals surface area contributed by atoms with Gasteiger partial charge in [0.05, 0.1) is 12.6 Å². The van der Waals surface area contributed by atoms with Crippen LogP contribution in [0.5, 0.6) is 0 Å². The highest BCUT2D eigenvalue weighted by molar-refractivity contribution is 5.59. The Hall–Kier alpha value is -0.810. The molecule has 2 saturated heterocycles. The third-order valence-electron chi connectivity index (χ3n) is 3.66. The van der Waals surface area contributed by atoms with E-state index in [0.717, 1.165) is 13.1 Å². The van der Waals surface area contributed by atoms with Crippen molar-refractivity contribution in [3.8, 4) is 0 Å². The molecule has 0 aromatic rings. The molecule has 0 aromatic carbocycles. The zero-order chi connectivity index (χ0) is 11.7. The molecule has 3 atom stereocenters. The molecular weight excluding hydrogens is 208 g/mol. The van der Waals surface area contributed by atoms with Gasteiger partial charge in [0, 0.05) is 12.6 Å². The summed E-state index contributed by atoms with van der Waals surface area (Å²) in [6.07, 6.45) is 0.603. The second-order valence-electron chi connectivity index (χ2n) is 4.63. The number of hydrogen-bond donors (Lipinski definition) is 0. The van der Waals surface area contributed by atoms with E-state index in [4.69, 9.17) is 9.57 Å². The Morgan fingerprint density at radius 1 is 1.50 bits per heavy atom. The second-order valence-corrected chi connectivity index (χ2v) is 4.63. The van der Waals surface area contributed by atoms with Crippen molar-refractivity contribution in [3.05, 3.63) is 0 Å². The minimum atomic E-state index is -0.586. The molecule has 0 spiro atoms. The molecule has 0 amide bonds. The molecule has 2 aliphatic rings. The number of likely N-dealkylation sites (tertiary alicyclic amines) is 1. The normalized spacial score (nSPS) is 35.1. The van der Waals surface area contributed by atoms with E-state index in [9.17, 15) is 4.79 Å². The highest BCUT2D eigenvalue weighted by atomic mass is 16.8. The topological polar surface area (TPSA) is 42.0 Å². The molecule has 92 valence electrons. The number of hydrogen-bond acceptors (Lipinski definition) is 5. The van der Waals surface area contributed by atoms with Gasteiger partial charge in [-0.3, -0.25) is 0 Å². The van der Waals surface area contributed by atoms with Gasteiger partial charge in [-0.1, -0.05) is 0 Å². The number of fused-ring (bicyclic) bond motifs is 1. The Kier molecular flexibility index (Phi) is 3.35. The number of hydroxylamine groups is 2. The van der Waals surface area contributed by atoms with Gasteiger partial charge in [0.15, 0.2) is 0 Å². The third kappa shape index (κ3) is 2.01. The summed E-state index contributed by atoms with van der Waals surface area (Å²) in [5.41, 5.74) is 0. The molecule has 5 nitrogen and oxygen atoms in total. The maximum absolute atomic E-state index is 11.2. The first kappa shape index (κ1) is 11.7. The molecule has 0 bridgehead atoms. The van der Waals surface area contributed by atoms with Crippen LogP contribution in [0.2, 0.25) is 0 Å². The Morgan fingerprint density at radius 2 is 2.25 bits per heavy atom. The predicted octanol–water partition coefficient (Wildman–Crippen LogP) is 1.10. The van der Waals surface area contributed by atoms with Crippen molar-refractivity contribution < 1.29 is 14.4 Å². The summed E-state index contributed by atoms with van der Waals surface area (Å²) in [4.78, 5) is 18.8. The Labute approximate surface area is 96.2 Å². The fourth-order valence-electron chi connectivity index (χ4n) is 2.94. The number of rotatable bonds is 2. The van der Waals surface area contributed by atoms with Gasteiger partial charge < -0.3 is 14.5 Å². The lowest BCUT2D eigenvalue weighted by Gasteiger charge is -2.26. The van der Waals surface area contributed by atoms with Gasteiger partial charge in [-0.05, 0) is 39.8 Å². The van der Waals surface area contributed by atoms with Gasteiger partial charge in [0.2, 0.25) is 0 Å². The summed E-state index contributed by atoms with van der Waals surface area (Å²) in [6.45, 7) is 6.21. The summed E-state index contributed by atoms with van der Waals surface area (Å²) in [5, 5.41) is 1.77. The number of nitrogens with zero attached hydrogens (tertiary/aromatic N) is 2. The highest BCUT2D eigenvalue weighted by Gasteiger charge is 2.46. The van der Waals surface area contributed by atoms with Crippen LogP contribution in [0.25, 0.3) is 0 Å². The van der Waals surface area contributed by atoms with E-state index in [2.05, 4.69) is 18.9 Å². The molecule has 3 unspecified atom stereocenters. The summed E-state index contributed by atoms with van der Waals surface area (Å²) in [5.74, 6) is 0.620. The van der Waals surface area contributed by atoms with Crippen molar-refractivity contribution in [2.24, 2.45) is 5.92 Å². The molecule has 0 aliphatic carbocycles. The smallest absolute Gasteiger partial charge is 0.433 e. The largest absolute Gasteiger partial charge is 0.527 e. The number of carbonyl (C=O) groups is 1. The Morgan fingerprint density at radius 3 is 2.88 bits per heavy atom. The van der Waals surface area contributed by atoms with Gasteiger partial charge in [0.25, 0.3) is 0 Å². The predicted molar refractivity (Wildman–Crippen MR) is 58.8 cm³/mol. The second kappa shape index (κ2) is 4.59. The van der Waals surface area contributed by atoms with Crippen LogP contribution in [-0.2, 0) is 9.57 Å². The average molecular weight is 228 g/mol. The van der Waals surface area contributed by atoms with E-state index in [0.29, 0.717) is 18.6 Å². The van der Waals surface area contributed by atoms with Crippen molar-refractivity contribution in [3.63, 3.8) is 0 Å². The summed E-state index contributed by atoms with van der Waals surface area (Å²) in [6, 6.07) is 0.760. The van der Waals surface area contributed by atoms with Crippen molar-refractivity contribution >= 4 is 6.16 Å². The lowest BCUT2D eigenvalue weighted by atomic mass is 10.0. The molecule has 2 heterocycles. The van der Waals surface area contributed by atoms with Crippen molar-refractivity contribution in [1.29, 1.82) is 0 Å². The zero-order valence-corrected chi connectivity index (χ0v) is 10.2.